The summed E-state index contributed by atoms with van der Waals surface area (Å²) in [6.07, 6.45) is 1.10. The molecule has 3 N–H and O–H groups in total. The number of nitrogen functional groups attached to an aromatic ring is 1. The first-order chi connectivity index (χ1) is 6.31. The Balaban J connectivity index is 2.41. The van der Waals surface area contributed by atoms with E-state index in [2.05, 4.69) is 11.4 Å². The fourth-order valence-corrected chi connectivity index (χ4v) is 1.53. The minimum atomic E-state index is 0.332. The smallest absolute Gasteiger partial charge is 0.0995 e. The predicted molar refractivity (Wildman–Crippen MR) is 50.9 cm³/mol. The lowest BCUT2D eigenvalue weighted by molar-refractivity contribution is 0.383. The highest BCUT2D eigenvalue weighted by Gasteiger charge is 2.21. The van der Waals surface area contributed by atoms with Gasteiger partial charge in [0.25, 0.3) is 0 Å². The quantitative estimate of drug-likeness (QED) is 0.627. The average molecular weight is 173 g/mol. The highest BCUT2D eigenvalue weighted by atomic mass is 15.0. The van der Waals surface area contributed by atoms with Crippen LogP contribution >= 0.6 is 0 Å². The van der Waals surface area contributed by atoms with Crippen molar-refractivity contribution in [3.05, 3.63) is 29.3 Å². The van der Waals surface area contributed by atoms with Gasteiger partial charge in [0.15, 0.2) is 0 Å². The number of hydrogen-bond acceptors (Lipinski definition) is 3. The van der Waals surface area contributed by atoms with Crippen LogP contribution in [0.25, 0.3) is 0 Å². The molecule has 0 aliphatic carbocycles. The van der Waals surface area contributed by atoms with Crippen LogP contribution in [0.5, 0.6) is 0 Å². The molecule has 0 spiro atoms. The van der Waals surface area contributed by atoms with Crippen LogP contribution in [0.2, 0.25) is 0 Å². The molecule has 1 fully saturated rings. The maximum atomic E-state index is 8.86. The molecular formula is C10H11N3. The van der Waals surface area contributed by atoms with Crippen molar-refractivity contribution < 1.29 is 0 Å². The molecular weight excluding hydrogens is 162 g/mol. The number of anilines is 1. The van der Waals surface area contributed by atoms with Gasteiger partial charge >= 0.3 is 0 Å². The molecule has 1 aliphatic rings. The van der Waals surface area contributed by atoms with Crippen LogP contribution in [0.15, 0.2) is 18.2 Å². The lowest BCUT2D eigenvalue weighted by Gasteiger charge is -2.28. The Bertz CT molecular complexity index is 361. The van der Waals surface area contributed by atoms with Crippen molar-refractivity contribution in [2.45, 2.75) is 12.5 Å². The molecule has 1 saturated heterocycles. The SMILES string of the molecule is N#Cc1ccc(N)cc1[C@@H]1CCN1. The van der Waals surface area contributed by atoms with E-state index in [0.717, 1.165) is 29.8 Å². The normalized spacial score (nSPS) is 20.4. The summed E-state index contributed by atoms with van der Waals surface area (Å²) in [5.74, 6) is 0. The molecule has 1 heterocycles. The molecule has 0 unspecified atom stereocenters. The molecule has 1 aliphatic heterocycles. The maximum absolute atomic E-state index is 8.86. The van der Waals surface area contributed by atoms with Crippen LogP contribution in [-0.2, 0) is 0 Å². The first-order valence-corrected chi connectivity index (χ1v) is 4.34. The third-order valence-corrected chi connectivity index (χ3v) is 2.40. The molecule has 0 aromatic heterocycles. The number of nitrogens with two attached hydrogens (primary N) is 1. The monoisotopic (exact) mass is 173 g/mol. The van der Waals surface area contributed by atoms with E-state index in [4.69, 9.17) is 11.0 Å². The summed E-state index contributed by atoms with van der Waals surface area (Å²) in [4.78, 5) is 0. The second-order valence-corrected chi connectivity index (χ2v) is 3.25. The Hall–Kier alpha value is -1.53. The molecule has 0 saturated carbocycles. The molecule has 0 amide bonds. The van der Waals surface area contributed by atoms with Crippen LogP contribution in [0.1, 0.15) is 23.6 Å². The molecule has 3 nitrogen and oxygen atoms in total. The minimum absolute atomic E-state index is 0.332. The van der Waals surface area contributed by atoms with E-state index < -0.39 is 0 Å². The second-order valence-electron chi connectivity index (χ2n) is 3.25. The van der Waals surface area contributed by atoms with E-state index in [1.165, 1.54) is 0 Å². The summed E-state index contributed by atoms with van der Waals surface area (Å²) in [5, 5.41) is 12.1. The largest absolute Gasteiger partial charge is 0.399 e. The van der Waals surface area contributed by atoms with Crippen molar-refractivity contribution in [2.75, 3.05) is 12.3 Å². The third kappa shape index (κ3) is 1.36. The lowest BCUT2D eigenvalue weighted by Crippen LogP contribution is -2.35. The van der Waals surface area contributed by atoms with Gasteiger partial charge in [-0.1, -0.05) is 0 Å². The van der Waals surface area contributed by atoms with Crippen LogP contribution in [0.4, 0.5) is 5.69 Å². The topological polar surface area (TPSA) is 61.8 Å². The standard InChI is InChI=1S/C10H11N3/c11-6-7-1-2-8(12)5-9(7)10-3-4-13-10/h1-2,5,10,13H,3-4,12H2/t10-/m0/s1. The highest BCUT2D eigenvalue weighted by molar-refractivity contribution is 5.50. The van der Waals surface area contributed by atoms with E-state index in [-0.39, 0.29) is 0 Å². The average Bonchev–Trinajstić information content (AvgIpc) is 2.02. The summed E-state index contributed by atoms with van der Waals surface area (Å²) in [6, 6.07) is 7.94. The first kappa shape index (κ1) is 8.09. The Morgan fingerprint density at radius 1 is 1.54 bits per heavy atom. The number of rotatable bonds is 1. The van der Waals surface area contributed by atoms with Crippen molar-refractivity contribution in [1.29, 1.82) is 5.26 Å². The van der Waals surface area contributed by atoms with Crippen LogP contribution in [0, 0.1) is 11.3 Å². The summed E-state index contributed by atoms with van der Waals surface area (Å²) >= 11 is 0. The molecule has 13 heavy (non-hydrogen) atoms. The zero-order chi connectivity index (χ0) is 9.26. The van der Waals surface area contributed by atoms with Crippen LogP contribution < -0.4 is 11.1 Å². The third-order valence-electron chi connectivity index (χ3n) is 2.40. The first-order valence-electron chi connectivity index (χ1n) is 4.34. The summed E-state index contributed by atoms with van der Waals surface area (Å²) in [5.41, 5.74) is 8.15. The zero-order valence-corrected chi connectivity index (χ0v) is 7.25. The van der Waals surface area contributed by atoms with Crippen molar-refractivity contribution in [1.82, 2.24) is 5.32 Å². The van der Waals surface area contributed by atoms with Crippen molar-refractivity contribution in [3.63, 3.8) is 0 Å². The Morgan fingerprint density at radius 3 is 2.85 bits per heavy atom. The Labute approximate surface area is 77.2 Å². The number of benzene rings is 1. The van der Waals surface area contributed by atoms with Gasteiger partial charge in [-0.15, -0.1) is 0 Å². The Kier molecular flexibility index (Phi) is 1.91. The van der Waals surface area contributed by atoms with Crippen molar-refractivity contribution in [2.24, 2.45) is 0 Å². The van der Waals surface area contributed by atoms with Gasteiger partial charge in [0.1, 0.15) is 0 Å². The molecule has 66 valence electrons. The summed E-state index contributed by atoms with van der Waals surface area (Å²) in [6.45, 7) is 1.03. The number of nitriles is 1. The zero-order valence-electron chi connectivity index (χ0n) is 7.25. The van der Waals surface area contributed by atoms with E-state index in [0.29, 0.717) is 6.04 Å². The van der Waals surface area contributed by atoms with E-state index >= 15 is 0 Å². The van der Waals surface area contributed by atoms with Crippen LogP contribution in [-0.4, -0.2) is 6.54 Å². The lowest BCUT2D eigenvalue weighted by atomic mass is 9.93. The number of nitrogens with one attached hydrogen (secondary N) is 1. The van der Waals surface area contributed by atoms with Gasteiger partial charge in [-0.2, -0.15) is 5.26 Å². The fraction of sp³-hybridized carbons (Fsp3) is 0.300. The van der Waals surface area contributed by atoms with E-state index in [1.54, 1.807) is 12.1 Å². The van der Waals surface area contributed by atoms with E-state index in [1.807, 2.05) is 6.07 Å². The fourth-order valence-electron chi connectivity index (χ4n) is 1.53. The van der Waals surface area contributed by atoms with Crippen molar-refractivity contribution >= 4 is 5.69 Å². The van der Waals surface area contributed by atoms with Crippen molar-refractivity contribution in [3.8, 4) is 6.07 Å². The van der Waals surface area contributed by atoms with Gasteiger partial charge in [-0.3, -0.25) is 0 Å². The molecule has 0 radical (unpaired) electrons. The number of nitrogens with zero attached hydrogens (tertiary/aromatic N) is 1. The minimum Gasteiger partial charge on any atom is -0.399 e. The van der Waals surface area contributed by atoms with Gasteiger partial charge in [0.2, 0.25) is 0 Å². The highest BCUT2D eigenvalue weighted by Crippen LogP contribution is 2.27. The molecule has 1 aromatic carbocycles. The molecule has 1 aromatic rings. The van der Waals surface area contributed by atoms with Gasteiger partial charge in [-0.25, -0.2) is 0 Å². The van der Waals surface area contributed by atoms with Crippen LogP contribution in [0.3, 0.4) is 0 Å². The second kappa shape index (κ2) is 3.08. The summed E-state index contributed by atoms with van der Waals surface area (Å²) < 4.78 is 0. The molecule has 3 heteroatoms. The van der Waals surface area contributed by atoms with Gasteiger partial charge in [0.05, 0.1) is 11.6 Å². The maximum Gasteiger partial charge on any atom is 0.0995 e. The van der Waals surface area contributed by atoms with Gasteiger partial charge in [0, 0.05) is 11.7 Å². The molecule has 2 rings (SSSR count). The molecule has 0 bridgehead atoms. The Morgan fingerprint density at radius 2 is 2.31 bits per heavy atom. The summed E-state index contributed by atoms with van der Waals surface area (Å²) in [7, 11) is 0. The van der Waals surface area contributed by atoms with E-state index in [9.17, 15) is 0 Å². The number of hydrogen-bond donors (Lipinski definition) is 2. The molecule has 1 atom stereocenters. The predicted octanol–water partition coefficient (Wildman–Crippen LogP) is 1.17. The van der Waals surface area contributed by atoms with Gasteiger partial charge < -0.3 is 11.1 Å². The van der Waals surface area contributed by atoms with Gasteiger partial charge in [-0.05, 0) is 36.7 Å².